The molecule has 0 aliphatic carbocycles. The van der Waals surface area contributed by atoms with Crippen LogP contribution in [0.5, 0.6) is 0 Å². The van der Waals surface area contributed by atoms with Crippen LogP contribution in [0.3, 0.4) is 0 Å². The Morgan fingerprint density at radius 2 is 1.96 bits per heavy atom. The first kappa shape index (κ1) is 18.0. The molecule has 1 unspecified atom stereocenters. The fourth-order valence-electron chi connectivity index (χ4n) is 2.59. The van der Waals surface area contributed by atoms with Crippen LogP contribution in [-0.2, 0) is 21.2 Å². The molecular formula is C16H22N4O3S. The third-order valence-corrected chi connectivity index (χ3v) is 5.01. The number of carbonyl (C=O) groups is 1. The number of para-hydroxylation sites is 1. The van der Waals surface area contributed by atoms with Crippen molar-refractivity contribution in [1.29, 1.82) is 0 Å². The second-order valence-electron chi connectivity index (χ2n) is 5.59. The Bertz CT molecular complexity index is 815. The van der Waals surface area contributed by atoms with Gasteiger partial charge in [-0.25, -0.2) is 8.42 Å². The van der Waals surface area contributed by atoms with Crippen molar-refractivity contribution in [2.75, 3.05) is 15.9 Å². The lowest BCUT2D eigenvalue weighted by atomic mass is 10.2. The molecule has 1 atom stereocenters. The van der Waals surface area contributed by atoms with Gasteiger partial charge in [0.1, 0.15) is 6.04 Å². The van der Waals surface area contributed by atoms with Gasteiger partial charge in [-0.05, 0) is 32.4 Å². The normalized spacial score (nSPS) is 12.7. The van der Waals surface area contributed by atoms with Gasteiger partial charge in [-0.1, -0.05) is 25.1 Å². The van der Waals surface area contributed by atoms with Gasteiger partial charge in [-0.15, -0.1) is 0 Å². The van der Waals surface area contributed by atoms with E-state index < -0.39 is 22.0 Å². The van der Waals surface area contributed by atoms with E-state index in [9.17, 15) is 13.2 Å². The van der Waals surface area contributed by atoms with Crippen LogP contribution in [0.25, 0.3) is 0 Å². The van der Waals surface area contributed by atoms with E-state index in [1.807, 2.05) is 13.8 Å². The highest BCUT2D eigenvalue weighted by Crippen LogP contribution is 2.22. The predicted molar refractivity (Wildman–Crippen MR) is 94.6 cm³/mol. The number of nitrogens with zero attached hydrogens (tertiary/aromatic N) is 2. The number of nitrogens with one attached hydrogen (secondary N) is 2. The fourth-order valence-corrected chi connectivity index (χ4v) is 3.77. The molecule has 0 aliphatic heterocycles. The predicted octanol–water partition coefficient (Wildman–Crippen LogP) is 2.07. The van der Waals surface area contributed by atoms with Gasteiger partial charge in [0.2, 0.25) is 15.9 Å². The maximum atomic E-state index is 12.6. The minimum atomic E-state index is -3.62. The van der Waals surface area contributed by atoms with Crippen LogP contribution >= 0.6 is 0 Å². The van der Waals surface area contributed by atoms with Crippen molar-refractivity contribution in [1.82, 2.24) is 10.2 Å². The zero-order chi connectivity index (χ0) is 17.9. The van der Waals surface area contributed by atoms with E-state index >= 15 is 0 Å². The molecule has 0 aliphatic rings. The van der Waals surface area contributed by atoms with Crippen molar-refractivity contribution >= 4 is 27.4 Å². The van der Waals surface area contributed by atoms with Crippen LogP contribution in [0.15, 0.2) is 30.3 Å². The number of carbonyl (C=O) groups excluding carboxylic acids is 1. The lowest BCUT2D eigenvalue weighted by Gasteiger charge is -2.28. The monoisotopic (exact) mass is 350 g/mol. The maximum Gasteiger partial charge on any atom is 0.249 e. The van der Waals surface area contributed by atoms with Crippen molar-refractivity contribution in [2.45, 2.75) is 33.2 Å². The number of H-pyrrole nitrogens is 1. The van der Waals surface area contributed by atoms with Gasteiger partial charge in [-0.3, -0.25) is 14.2 Å². The number of hydrogen-bond donors (Lipinski definition) is 2. The zero-order valence-corrected chi connectivity index (χ0v) is 15.0. The summed E-state index contributed by atoms with van der Waals surface area (Å²) >= 11 is 0. The first-order valence-corrected chi connectivity index (χ1v) is 9.49. The Morgan fingerprint density at radius 3 is 2.50 bits per heavy atom. The Morgan fingerprint density at radius 1 is 1.33 bits per heavy atom. The lowest BCUT2D eigenvalue weighted by molar-refractivity contribution is -0.116. The number of sulfonamides is 1. The molecule has 2 aromatic rings. The van der Waals surface area contributed by atoms with Crippen molar-refractivity contribution in [3.63, 3.8) is 0 Å². The highest BCUT2D eigenvalue weighted by molar-refractivity contribution is 7.92. The Kier molecular flexibility index (Phi) is 5.28. The average molecular weight is 350 g/mol. The van der Waals surface area contributed by atoms with Gasteiger partial charge in [0.05, 0.1) is 11.9 Å². The maximum absolute atomic E-state index is 12.6. The van der Waals surface area contributed by atoms with E-state index in [0.29, 0.717) is 17.9 Å². The molecule has 0 spiro atoms. The molecule has 1 aromatic carbocycles. The smallest absolute Gasteiger partial charge is 0.249 e. The van der Waals surface area contributed by atoms with Gasteiger partial charge in [-0.2, -0.15) is 5.10 Å². The van der Waals surface area contributed by atoms with Gasteiger partial charge < -0.3 is 5.32 Å². The van der Waals surface area contributed by atoms with Crippen LogP contribution in [-0.4, -0.2) is 36.8 Å². The van der Waals surface area contributed by atoms with E-state index in [2.05, 4.69) is 15.5 Å². The summed E-state index contributed by atoms with van der Waals surface area (Å²) in [4.78, 5) is 12.6. The largest absolute Gasteiger partial charge is 0.307 e. The minimum absolute atomic E-state index is 0.438. The topological polar surface area (TPSA) is 95.2 Å². The molecule has 24 heavy (non-hydrogen) atoms. The van der Waals surface area contributed by atoms with Crippen LogP contribution in [0.2, 0.25) is 0 Å². The molecule has 2 rings (SSSR count). The minimum Gasteiger partial charge on any atom is -0.307 e. The Labute approximate surface area is 142 Å². The standard InChI is InChI=1S/C16H22N4O3S/c1-5-14-11(2)18-19-15(14)17-16(21)12(3)20(24(4,22)23)13-9-7-6-8-10-13/h6-10,12H,5H2,1-4H3,(H2,17,18,19,21). The number of benzene rings is 1. The molecule has 7 nitrogen and oxygen atoms in total. The van der Waals surface area contributed by atoms with Crippen molar-refractivity contribution in [3.8, 4) is 0 Å². The summed E-state index contributed by atoms with van der Waals surface area (Å²) in [6.07, 6.45) is 1.79. The highest BCUT2D eigenvalue weighted by Gasteiger charge is 2.29. The number of amides is 1. The number of aromatic nitrogens is 2. The van der Waals surface area contributed by atoms with Crippen molar-refractivity contribution in [3.05, 3.63) is 41.6 Å². The number of rotatable bonds is 6. The van der Waals surface area contributed by atoms with Gasteiger partial charge in [0, 0.05) is 11.3 Å². The number of aryl methyl sites for hydroxylation is 1. The summed E-state index contributed by atoms with van der Waals surface area (Å²) in [6.45, 7) is 5.38. The summed E-state index contributed by atoms with van der Waals surface area (Å²) in [5.41, 5.74) is 2.22. The molecular weight excluding hydrogens is 328 g/mol. The van der Waals surface area contributed by atoms with Crippen LogP contribution in [0, 0.1) is 6.92 Å². The van der Waals surface area contributed by atoms with E-state index in [0.717, 1.165) is 21.8 Å². The second-order valence-corrected chi connectivity index (χ2v) is 7.45. The molecule has 8 heteroatoms. The average Bonchev–Trinajstić information content (AvgIpc) is 2.86. The number of hydrogen-bond acceptors (Lipinski definition) is 4. The quantitative estimate of drug-likeness (QED) is 0.834. The second kappa shape index (κ2) is 7.04. The Balaban J connectivity index is 2.29. The summed E-state index contributed by atoms with van der Waals surface area (Å²) in [5, 5.41) is 9.62. The van der Waals surface area contributed by atoms with Gasteiger partial charge >= 0.3 is 0 Å². The number of aromatic amines is 1. The first-order chi connectivity index (χ1) is 11.3. The van der Waals surface area contributed by atoms with E-state index in [4.69, 9.17) is 0 Å². The third kappa shape index (κ3) is 3.76. The molecule has 0 saturated carbocycles. The third-order valence-electron chi connectivity index (χ3n) is 3.77. The highest BCUT2D eigenvalue weighted by atomic mass is 32.2. The van der Waals surface area contributed by atoms with E-state index in [1.54, 1.807) is 37.3 Å². The summed E-state index contributed by atoms with van der Waals surface area (Å²) in [6, 6.07) is 7.63. The van der Waals surface area contributed by atoms with Crippen molar-refractivity contribution < 1.29 is 13.2 Å². The van der Waals surface area contributed by atoms with Crippen LogP contribution < -0.4 is 9.62 Å². The first-order valence-electron chi connectivity index (χ1n) is 7.64. The van der Waals surface area contributed by atoms with Crippen molar-refractivity contribution in [2.24, 2.45) is 0 Å². The molecule has 0 radical (unpaired) electrons. The molecule has 0 fully saturated rings. The molecule has 0 bridgehead atoms. The molecule has 0 saturated heterocycles. The van der Waals surface area contributed by atoms with Crippen LogP contribution in [0.4, 0.5) is 11.5 Å². The van der Waals surface area contributed by atoms with Crippen LogP contribution in [0.1, 0.15) is 25.1 Å². The molecule has 1 heterocycles. The zero-order valence-electron chi connectivity index (χ0n) is 14.2. The Hall–Kier alpha value is -2.35. The molecule has 130 valence electrons. The molecule has 1 aromatic heterocycles. The lowest BCUT2D eigenvalue weighted by Crippen LogP contribution is -2.45. The fraction of sp³-hybridized carbons (Fsp3) is 0.375. The van der Waals surface area contributed by atoms with E-state index in [-0.39, 0.29) is 0 Å². The summed E-state index contributed by atoms with van der Waals surface area (Å²) in [7, 11) is -3.62. The van der Waals surface area contributed by atoms with Gasteiger partial charge in [0.25, 0.3) is 0 Å². The SMILES string of the molecule is CCc1c(NC(=O)C(C)N(c2ccccc2)S(C)(=O)=O)n[nH]c1C. The molecule has 2 N–H and O–H groups in total. The van der Waals surface area contributed by atoms with E-state index in [1.165, 1.54) is 0 Å². The van der Waals surface area contributed by atoms with Gasteiger partial charge in [0.15, 0.2) is 5.82 Å². The summed E-state index contributed by atoms with van der Waals surface area (Å²) < 4.78 is 25.5. The number of anilines is 2. The summed E-state index contributed by atoms with van der Waals surface area (Å²) in [5.74, 6) is -0.00107. The molecule has 1 amide bonds.